The molecular weight excluding hydrogens is 350 g/mol. The van der Waals surface area contributed by atoms with Crippen LogP contribution in [0.3, 0.4) is 0 Å². The van der Waals surface area contributed by atoms with Crippen LogP contribution in [0.5, 0.6) is 0 Å². The van der Waals surface area contributed by atoms with Crippen LogP contribution >= 0.6 is 0 Å². The van der Waals surface area contributed by atoms with E-state index in [0.717, 1.165) is 6.08 Å². The van der Waals surface area contributed by atoms with Crippen LogP contribution in [0.1, 0.15) is 39.1 Å². The van der Waals surface area contributed by atoms with Crippen molar-refractivity contribution in [1.82, 2.24) is 14.5 Å². The number of rotatable bonds is 4. The van der Waals surface area contributed by atoms with Crippen molar-refractivity contribution < 1.29 is 19.4 Å². The fraction of sp³-hybridized carbons (Fsp3) is 0.556. The maximum Gasteiger partial charge on any atom is 0.410 e. The summed E-state index contributed by atoms with van der Waals surface area (Å²) in [6.45, 7) is 9.96. The lowest BCUT2D eigenvalue weighted by molar-refractivity contribution is -0.131. The summed E-state index contributed by atoms with van der Waals surface area (Å²) in [5.41, 5.74) is 0.102. The van der Waals surface area contributed by atoms with E-state index in [1.54, 1.807) is 9.47 Å². The van der Waals surface area contributed by atoms with Gasteiger partial charge in [-0.15, -0.1) is 0 Å². The van der Waals surface area contributed by atoms with Crippen LogP contribution in [0.15, 0.2) is 6.08 Å². The fourth-order valence-electron chi connectivity index (χ4n) is 2.80. The predicted octanol–water partition coefficient (Wildman–Crippen LogP) is 1.93. The average molecular weight is 375 g/mol. The molecule has 0 aromatic carbocycles. The quantitative estimate of drug-likeness (QED) is 0.800. The molecule has 9 heteroatoms. The molecule has 0 saturated carbocycles. The van der Waals surface area contributed by atoms with Gasteiger partial charge in [0, 0.05) is 38.8 Å². The summed E-state index contributed by atoms with van der Waals surface area (Å²) in [7, 11) is 0. The summed E-state index contributed by atoms with van der Waals surface area (Å²) in [6.07, 6.45) is 1.95. The molecule has 0 radical (unpaired) electrons. The zero-order chi connectivity index (χ0) is 20.2. The van der Waals surface area contributed by atoms with E-state index in [4.69, 9.17) is 9.84 Å². The van der Waals surface area contributed by atoms with E-state index >= 15 is 0 Å². The second-order valence-corrected chi connectivity index (χ2v) is 7.13. The Hall–Kier alpha value is -3.02. The maximum absolute atomic E-state index is 12.2. The highest BCUT2D eigenvalue weighted by atomic mass is 16.6. The number of amides is 1. The summed E-state index contributed by atoms with van der Waals surface area (Å²) >= 11 is 0. The molecule has 1 aromatic rings. The number of nitriles is 1. The third-order valence-corrected chi connectivity index (χ3v) is 3.99. The lowest BCUT2D eigenvalue weighted by atomic mass is 10.2. The normalized spacial score (nSPS) is 15.1. The number of imidazole rings is 1. The number of aliphatic carboxylic acids is 1. The van der Waals surface area contributed by atoms with Gasteiger partial charge in [0.15, 0.2) is 0 Å². The molecule has 1 N–H and O–H groups in total. The van der Waals surface area contributed by atoms with E-state index in [9.17, 15) is 14.9 Å². The van der Waals surface area contributed by atoms with Gasteiger partial charge in [0.25, 0.3) is 0 Å². The molecule has 0 spiro atoms. The number of carbonyl (C=O) groups excluding carboxylic acids is 1. The Bertz CT molecular complexity index is 777. The number of anilines is 1. The van der Waals surface area contributed by atoms with Gasteiger partial charge in [-0.05, 0) is 33.8 Å². The second kappa shape index (κ2) is 8.12. The molecule has 9 nitrogen and oxygen atoms in total. The molecule has 1 aromatic heterocycles. The lowest BCUT2D eigenvalue weighted by Crippen LogP contribution is -2.50. The monoisotopic (exact) mass is 375 g/mol. The van der Waals surface area contributed by atoms with Crippen LogP contribution < -0.4 is 4.90 Å². The molecule has 1 amide bonds. The first-order valence-corrected chi connectivity index (χ1v) is 8.80. The van der Waals surface area contributed by atoms with Crippen molar-refractivity contribution in [1.29, 1.82) is 5.26 Å². The van der Waals surface area contributed by atoms with Gasteiger partial charge in [0.05, 0.1) is 0 Å². The Kier molecular flexibility index (Phi) is 6.10. The number of carboxylic acids is 1. The first kappa shape index (κ1) is 20.3. The summed E-state index contributed by atoms with van der Waals surface area (Å²) in [5.74, 6) is -0.500. The first-order chi connectivity index (χ1) is 12.7. The molecule has 0 aliphatic carbocycles. The highest BCUT2D eigenvalue weighted by Gasteiger charge is 2.28. The van der Waals surface area contributed by atoms with Crippen molar-refractivity contribution in [2.24, 2.45) is 0 Å². The van der Waals surface area contributed by atoms with Crippen molar-refractivity contribution in [2.45, 2.75) is 39.8 Å². The fourth-order valence-corrected chi connectivity index (χ4v) is 2.80. The van der Waals surface area contributed by atoms with Gasteiger partial charge < -0.3 is 24.2 Å². The van der Waals surface area contributed by atoms with Gasteiger partial charge in [-0.25, -0.2) is 14.6 Å². The third-order valence-electron chi connectivity index (χ3n) is 3.99. The summed E-state index contributed by atoms with van der Waals surface area (Å²) < 4.78 is 7.15. The van der Waals surface area contributed by atoms with E-state index in [1.807, 2.05) is 32.6 Å². The SMILES string of the molecule is CCn1c(N2CCN(C(=O)OC(C)(C)C)CC2)nc(/C=C/C(=O)O)c1C#N. The third kappa shape index (κ3) is 5.00. The van der Waals surface area contributed by atoms with E-state index in [0.29, 0.717) is 50.1 Å². The highest BCUT2D eigenvalue weighted by molar-refractivity contribution is 5.85. The number of nitrogens with zero attached hydrogens (tertiary/aromatic N) is 5. The predicted molar refractivity (Wildman–Crippen MR) is 99.3 cm³/mol. The van der Waals surface area contributed by atoms with E-state index in [2.05, 4.69) is 11.1 Å². The first-order valence-electron chi connectivity index (χ1n) is 8.80. The lowest BCUT2D eigenvalue weighted by Gasteiger charge is -2.36. The topological polar surface area (TPSA) is 112 Å². The maximum atomic E-state index is 12.2. The van der Waals surface area contributed by atoms with Crippen molar-refractivity contribution in [2.75, 3.05) is 31.1 Å². The van der Waals surface area contributed by atoms with Gasteiger partial charge >= 0.3 is 12.1 Å². The minimum Gasteiger partial charge on any atom is -0.478 e. The Morgan fingerprint density at radius 3 is 2.41 bits per heavy atom. The van der Waals surface area contributed by atoms with E-state index in [1.165, 1.54) is 6.08 Å². The van der Waals surface area contributed by atoms with Crippen molar-refractivity contribution >= 4 is 24.1 Å². The van der Waals surface area contributed by atoms with Crippen LogP contribution in [0.25, 0.3) is 6.08 Å². The van der Waals surface area contributed by atoms with Crippen LogP contribution in [0.4, 0.5) is 10.7 Å². The molecule has 0 bridgehead atoms. The summed E-state index contributed by atoms with van der Waals surface area (Å²) in [6, 6.07) is 2.10. The van der Waals surface area contributed by atoms with Crippen molar-refractivity contribution in [3.8, 4) is 6.07 Å². The molecular formula is C18H25N5O4. The van der Waals surface area contributed by atoms with Crippen LogP contribution in [-0.2, 0) is 16.1 Å². The summed E-state index contributed by atoms with van der Waals surface area (Å²) in [5, 5.41) is 18.3. The number of ether oxygens (including phenoxy) is 1. The molecule has 0 atom stereocenters. The van der Waals surface area contributed by atoms with Crippen LogP contribution in [-0.4, -0.2) is 63.4 Å². The molecule has 0 unspecified atom stereocenters. The van der Waals surface area contributed by atoms with Gasteiger partial charge in [0.1, 0.15) is 23.1 Å². The van der Waals surface area contributed by atoms with Crippen molar-refractivity contribution in [3.63, 3.8) is 0 Å². The molecule has 2 rings (SSSR count). The summed E-state index contributed by atoms with van der Waals surface area (Å²) in [4.78, 5) is 31.1. The Labute approximate surface area is 158 Å². The average Bonchev–Trinajstić information content (AvgIpc) is 2.96. The smallest absolute Gasteiger partial charge is 0.410 e. The Morgan fingerprint density at radius 2 is 1.93 bits per heavy atom. The number of hydrogen-bond acceptors (Lipinski definition) is 6. The standard InChI is InChI=1S/C18H25N5O4/c1-5-23-14(12-19)13(6-7-15(24)25)20-16(23)21-8-10-22(11-9-21)17(26)27-18(2,3)4/h6-7H,5,8-11H2,1-4H3,(H,24,25)/b7-6+. The molecule has 1 fully saturated rings. The largest absolute Gasteiger partial charge is 0.478 e. The zero-order valence-electron chi connectivity index (χ0n) is 16.1. The van der Waals surface area contributed by atoms with E-state index < -0.39 is 11.6 Å². The minimum atomic E-state index is -1.10. The Morgan fingerprint density at radius 1 is 1.30 bits per heavy atom. The van der Waals surface area contributed by atoms with Crippen molar-refractivity contribution in [3.05, 3.63) is 17.5 Å². The number of aromatic nitrogens is 2. The molecule has 2 heterocycles. The van der Waals surface area contributed by atoms with Gasteiger partial charge in [-0.3, -0.25) is 0 Å². The minimum absolute atomic E-state index is 0.319. The second-order valence-electron chi connectivity index (χ2n) is 7.13. The molecule has 1 aliphatic heterocycles. The zero-order valence-corrected chi connectivity index (χ0v) is 16.1. The molecule has 146 valence electrons. The number of carboxylic acid groups (broad SMARTS) is 1. The number of carbonyl (C=O) groups is 2. The molecule has 1 saturated heterocycles. The van der Waals surface area contributed by atoms with Crippen LogP contribution in [0.2, 0.25) is 0 Å². The number of piperazine rings is 1. The van der Waals surface area contributed by atoms with Gasteiger partial charge in [-0.2, -0.15) is 5.26 Å². The van der Waals surface area contributed by atoms with Gasteiger partial charge in [0.2, 0.25) is 5.95 Å². The molecule has 1 aliphatic rings. The van der Waals surface area contributed by atoms with Gasteiger partial charge in [-0.1, -0.05) is 0 Å². The number of hydrogen-bond donors (Lipinski definition) is 1. The highest BCUT2D eigenvalue weighted by Crippen LogP contribution is 2.22. The van der Waals surface area contributed by atoms with Crippen LogP contribution in [0, 0.1) is 11.3 Å². The Balaban J connectivity index is 2.17. The van der Waals surface area contributed by atoms with E-state index in [-0.39, 0.29) is 6.09 Å². The molecule has 27 heavy (non-hydrogen) atoms.